The summed E-state index contributed by atoms with van der Waals surface area (Å²) in [4.78, 5) is 0. The third-order valence-electron chi connectivity index (χ3n) is 6.89. The summed E-state index contributed by atoms with van der Waals surface area (Å²) in [5.74, 6) is 0. The lowest BCUT2D eigenvalue weighted by atomic mass is 9.86. The second kappa shape index (κ2) is 16.0. The molecule has 0 aliphatic heterocycles. The molecule has 1 heterocycles. The zero-order valence-electron chi connectivity index (χ0n) is 22.2. The van der Waals surface area contributed by atoms with Gasteiger partial charge in [0.05, 0.1) is 0 Å². The van der Waals surface area contributed by atoms with Crippen LogP contribution in [0, 0.1) is 0 Å². The van der Waals surface area contributed by atoms with E-state index in [-0.39, 0.29) is 17.0 Å². The predicted molar refractivity (Wildman–Crippen MR) is 154 cm³/mol. The van der Waals surface area contributed by atoms with Gasteiger partial charge < -0.3 is 17.0 Å². The summed E-state index contributed by atoms with van der Waals surface area (Å²) in [5, 5.41) is 0. The molecule has 4 aromatic rings. The third kappa shape index (κ3) is 8.54. The van der Waals surface area contributed by atoms with Crippen LogP contribution in [0.3, 0.4) is 0 Å². The van der Waals surface area contributed by atoms with Gasteiger partial charge in [-0.15, -0.1) is 0 Å². The van der Waals surface area contributed by atoms with Gasteiger partial charge in [-0.2, -0.15) is 0 Å². The van der Waals surface area contributed by atoms with Crippen molar-refractivity contribution in [2.75, 3.05) is 0 Å². The average Bonchev–Trinajstić information content (AvgIpc) is 2.95. The van der Waals surface area contributed by atoms with Gasteiger partial charge >= 0.3 is 0 Å². The second-order valence-electron chi connectivity index (χ2n) is 9.65. The first kappa shape index (κ1) is 28.6. The van der Waals surface area contributed by atoms with E-state index >= 15 is 0 Å². The number of hydrogen-bond acceptors (Lipinski definition) is 0. The van der Waals surface area contributed by atoms with Gasteiger partial charge in [0, 0.05) is 18.6 Å². The minimum atomic E-state index is 0. The molecule has 1 aromatic heterocycles. The van der Waals surface area contributed by atoms with Gasteiger partial charge in [0.25, 0.3) is 0 Å². The Morgan fingerprint density at radius 1 is 0.459 bits per heavy atom. The minimum absolute atomic E-state index is 0. The molecular formula is C35H40BrN. The van der Waals surface area contributed by atoms with Crippen LogP contribution < -0.4 is 21.5 Å². The van der Waals surface area contributed by atoms with E-state index in [1.807, 2.05) is 0 Å². The largest absolute Gasteiger partial charge is 1.00 e. The van der Waals surface area contributed by atoms with Gasteiger partial charge in [0.1, 0.15) is 6.54 Å². The Bertz CT molecular complexity index is 1140. The smallest absolute Gasteiger partial charge is 0.169 e. The van der Waals surface area contributed by atoms with Gasteiger partial charge in [-0.05, 0) is 39.8 Å². The molecule has 0 aliphatic rings. The lowest BCUT2D eigenvalue weighted by molar-refractivity contribution is -0.697. The van der Waals surface area contributed by atoms with Crippen molar-refractivity contribution < 1.29 is 21.5 Å². The number of halogens is 1. The SMILES string of the molecule is CCCCCCCCCC[n+]1ccc(C(=C(c2ccccc2)c2ccccc2)c2ccccc2)cc1.[Br-]. The van der Waals surface area contributed by atoms with Gasteiger partial charge in [0.2, 0.25) is 0 Å². The summed E-state index contributed by atoms with van der Waals surface area (Å²) in [5.41, 5.74) is 7.49. The van der Waals surface area contributed by atoms with Crippen LogP contribution in [0.5, 0.6) is 0 Å². The summed E-state index contributed by atoms with van der Waals surface area (Å²) < 4.78 is 2.34. The van der Waals surface area contributed by atoms with E-state index in [1.54, 1.807) is 0 Å². The molecule has 192 valence electrons. The quantitative estimate of drug-likeness (QED) is 0.106. The van der Waals surface area contributed by atoms with E-state index in [9.17, 15) is 0 Å². The molecule has 0 amide bonds. The highest BCUT2D eigenvalue weighted by Gasteiger charge is 2.16. The van der Waals surface area contributed by atoms with Crippen LogP contribution in [0.15, 0.2) is 116 Å². The van der Waals surface area contributed by atoms with Crippen LogP contribution in [0.4, 0.5) is 0 Å². The van der Waals surface area contributed by atoms with Crippen LogP contribution in [0.1, 0.15) is 80.5 Å². The Labute approximate surface area is 234 Å². The van der Waals surface area contributed by atoms with Crippen molar-refractivity contribution >= 4 is 11.1 Å². The Morgan fingerprint density at radius 3 is 1.22 bits per heavy atom. The van der Waals surface area contributed by atoms with E-state index < -0.39 is 0 Å². The highest BCUT2D eigenvalue weighted by molar-refractivity contribution is 6.04. The van der Waals surface area contributed by atoms with E-state index in [0.717, 1.165) is 6.54 Å². The van der Waals surface area contributed by atoms with Crippen molar-refractivity contribution in [3.05, 3.63) is 138 Å². The van der Waals surface area contributed by atoms with Crippen molar-refractivity contribution in [3.63, 3.8) is 0 Å². The Morgan fingerprint density at radius 2 is 0.811 bits per heavy atom. The van der Waals surface area contributed by atoms with Crippen molar-refractivity contribution in [2.24, 2.45) is 0 Å². The van der Waals surface area contributed by atoms with E-state index in [1.165, 1.54) is 84.8 Å². The number of nitrogens with zero attached hydrogens (tertiary/aromatic N) is 1. The fourth-order valence-corrected chi connectivity index (χ4v) is 4.93. The predicted octanol–water partition coefficient (Wildman–Crippen LogP) is 6.13. The lowest BCUT2D eigenvalue weighted by Crippen LogP contribution is -3.00. The molecule has 0 atom stereocenters. The number of rotatable bonds is 13. The topological polar surface area (TPSA) is 3.88 Å². The lowest BCUT2D eigenvalue weighted by Gasteiger charge is -2.17. The van der Waals surface area contributed by atoms with Crippen molar-refractivity contribution in [1.29, 1.82) is 0 Å². The molecule has 0 aliphatic carbocycles. The summed E-state index contributed by atoms with van der Waals surface area (Å²) in [6.45, 7) is 3.37. The molecule has 0 bridgehead atoms. The van der Waals surface area contributed by atoms with Crippen molar-refractivity contribution in [3.8, 4) is 0 Å². The van der Waals surface area contributed by atoms with Gasteiger partial charge in [0.15, 0.2) is 12.4 Å². The van der Waals surface area contributed by atoms with Crippen molar-refractivity contribution in [2.45, 2.75) is 64.8 Å². The van der Waals surface area contributed by atoms with E-state index in [2.05, 4.69) is 127 Å². The molecule has 0 radical (unpaired) electrons. The molecule has 0 saturated carbocycles. The molecule has 0 spiro atoms. The average molecular weight is 555 g/mol. The minimum Gasteiger partial charge on any atom is -1.00 e. The molecule has 0 unspecified atom stereocenters. The van der Waals surface area contributed by atoms with Crippen molar-refractivity contribution in [1.82, 2.24) is 0 Å². The van der Waals surface area contributed by atoms with E-state index in [0.29, 0.717) is 0 Å². The molecule has 4 rings (SSSR count). The van der Waals surface area contributed by atoms with Gasteiger partial charge in [-0.1, -0.05) is 136 Å². The maximum absolute atomic E-state index is 2.34. The number of hydrogen-bond donors (Lipinski definition) is 0. The summed E-state index contributed by atoms with van der Waals surface area (Å²) in [7, 11) is 0. The molecule has 1 nitrogen and oxygen atoms in total. The van der Waals surface area contributed by atoms with Gasteiger partial charge in [-0.25, -0.2) is 4.57 Å². The number of pyridine rings is 1. The normalized spacial score (nSPS) is 10.5. The highest BCUT2D eigenvalue weighted by Crippen LogP contribution is 2.36. The zero-order chi connectivity index (χ0) is 24.8. The fourth-order valence-electron chi connectivity index (χ4n) is 4.93. The van der Waals surface area contributed by atoms with Crippen LogP contribution in [0.25, 0.3) is 11.1 Å². The Kier molecular flexibility index (Phi) is 12.4. The standard InChI is InChI=1S/C35H40N.BrH/c1-2-3-4-5-6-7-8-18-27-36-28-25-33(26-29-36)35(32-23-16-11-17-24-32)34(30-19-12-9-13-20-30)31-21-14-10-15-22-31;/h9-17,19-26,28-29H,2-8,18,27H2,1H3;1H/q+1;/p-1. The molecule has 0 N–H and O–H groups in total. The first-order chi connectivity index (χ1) is 17.9. The second-order valence-corrected chi connectivity index (χ2v) is 9.65. The molecule has 0 saturated heterocycles. The fraction of sp³-hybridized carbons (Fsp3) is 0.286. The molecule has 3 aromatic carbocycles. The zero-order valence-corrected chi connectivity index (χ0v) is 23.7. The number of aryl methyl sites for hydroxylation is 1. The molecule has 37 heavy (non-hydrogen) atoms. The van der Waals surface area contributed by atoms with Crippen LogP contribution in [-0.2, 0) is 6.54 Å². The molecule has 2 heteroatoms. The summed E-state index contributed by atoms with van der Waals surface area (Å²) in [6, 6.07) is 37.0. The first-order valence-electron chi connectivity index (χ1n) is 13.8. The maximum atomic E-state index is 2.34. The summed E-state index contributed by atoms with van der Waals surface area (Å²) >= 11 is 0. The monoisotopic (exact) mass is 553 g/mol. The number of benzene rings is 3. The molecular weight excluding hydrogens is 514 g/mol. The maximum Gasteiger partial charge on any atom is 0.169 e. The summed E-state index contributed by atoms with van der Waals surface area (Å²) in [6.07, 6.45) is 15.3. The van der Waals surface area contributed by atoms with Crippen LogP contribution in [-0.4, -0.2) is 0 Å². The first-order valence-corrected chi connectivity index (χ1v) is 13.8. The third-order valence-corrected chi connectivity index (χ3v) is 6.89. The highest BCUT2D eigenvalue weighted by atomic mass is 79.9. The number of unbranched alkanes of at least 4 members (excludes halogenated alkanes) is 7. The Hall–Kier alpha value is -2.97. The van der Waals surface area contributed by atoms with Crippen LogP contribution >= 0.6 is 0 Å². The van der Waals surface area contributed by atoms with E-state index in [4.69, 9.17) is 0 Å². The number of aromatic nitrogens is 1. The Balaban J connectivity index is 0.00000380. The van der Waals surface area contributed by atoms with Crippen LogP contribution in [0.2, 0.25) is 0 Å². The van der Waals surface area contributed by atoms with Gasteiger partial charge in [-0.3, -0.25) is 0 Å². The molecule has 0 fully saturated rings.